The number of hydrogen-bond donors (Lipinski definition) is 3. The molecule has 0 aromatic carbocycles. The molecule has 1 rings (SSSR count). The van der Waals surface area contributed by atoms with Gasteiger partial charge in [-0.3, -0.25) is 20.4 Å². The number of hydrogen-bond acceptors (Lipinski definition) is 4. The van der Waals surface area contributed by atoms with Gasteiger partial charge in [0.1, 0.15) is 0 Å². The Hall–Kier alpha value is -1.53. The minimum Gasteiger partial charge on any atom is -0.481 e. The molecule has 1 aromatic heterocycles. The second-order valence-corrected chi connectivity index (χ2v) is 4.91. The van der Waals surface area contributed by atoms with Gasteiger partial charge in [-0.05, 0) is 12.0 Å². The number of carboxylic acids is 1. The lowest BCUT2D eigenvalue weighted by atomic mass is 10.0. The molecule has 1 aromatic rings. The molecule has 0 saturated carbocycles. The zero-order valence-electron chi connectivity index (χ0n) is 10.1. The Bertz CT molecular complexity index is 482. The fourth-order valence-corrected chi connectivity index (χ4v) is 1.80. The van der Waals surface area contributed by atoms with Gasteiger partial charge in [0, 0.05) is 19.0 Å². The van der Waals surface area contributed by atoms with E-state index in [1.807, 2.05) is 0 Å². The fourth-order valence-electron chi connectivity index (χ4n) is 1.37. The molecule has 0 bridgehead atoms. The molecule has 1 heterocycles. The maximum atomic E-state index is 11.5. The summed E-state index contributed by atoms with van der Waals surface area (Å²) >= 11 is 11.5. The SMILES string of the molecule is C[C@@H](CC(=O)O)CC(=O)NNc1ncc(Cl)cc1Cl. The van der Waals surface area contributed by atoms with Crippen molar-refractivity contribution in [3.05, 3.63) is 22.3 Å². The standard InChI is InChI=1S/C11H13Cl2N3O3/c1-6(3-10(18)19)2-9(17)15-16-11-8(13)4-7(12)5-14-11/h4-6H,2-3H2,1H3,(H,14,16)(H,15,17)(H,18,19)/t6-/m1/s1. The first-order valence-corrected chi connectivity index (χ1v) is 6.21. The summed E-state index contributed by atoms with van der Waals surface area (Å²) in [4.78, 5) is 25.9. The summed E-state index contributed by atoms with van der Waals surface area (Å²) in [5.41, 5.74) is 4.94. The lowest BCUT2D eigenvalue weighted by Crippen LogP contribution is -2.31. The van der Waals surface area contributed by atoms with Crippen molar-refractivity contribution in [1.29, 1.82) is 0 Å². The molecular weight excluding hydrogens is 293 g/mol. The quantitative estimate of drug-likeness (QED) is 0.702. The highest BCUT2D eigenvalue weighted by Gasteiger charge is 2.12. The van der Waals surface area contributed by atoms with E-state index in [4.69, 9.17) is 28.3 Å². The highest BCUT2D eigenvalue weighted by Crippen LogP contribution is 2.21. The second-order valence-electron chi connectivity index (χ2n) is 4.06. The van der Waals surface area contributed by atoms with Gasteiger partial charge < -0.3 is 5.11 Å². The summed E-state index contributed by atoms with van der Waals surface area (Å²) < 4.78 is 0. The van der Waals surface area contributed by atoms with Crippen LogP contribution in [0.2, 0.25) is 10.0 Å². The third kappa shape index (κ3) is 5.76. The Morgan fingerprint density at radius 1 is 1.42 bits per heavy atom. The molecule has 0 spiro atoms. The molecule has 104 valence electrons. The van der Waals surface area contributed by atoms with Gasteiger partial charge in [0.15, 0.2) is 5.82 Å². The van der Waals surface area contributed by atoms with Crippen LogP contribution in [-0.2, 0) is 9.59 Å². The summed E-state index contributed by atoms with van der Waals surface area (Å²) in [6.07, 6.45) is 1.41. The molecule has 3 N–H and O–H groups in total. The van der Waals surface area contributed by atoms with Crippen LogP contribution in [0, 0.1) is 5.92 Å². The minimum absolute atomic E-state index is 0.0621. The number of amides is 1. The molecular formula is C11H13Cl2N3O3. The van der Waals surface area contributed by atoms with E-state index >= 15 is 0 Å². The van der Waals surface area contributed by atoms with Crippen LogP contribution >= 0.6 is 23.2 Å². The number of aliphatic carboxylic acids is 1. The van der Waals surface area contributed by atoms with Gasteiger partial charge in [-0.15, -0.1) is 0 Å². The zero-order chi connectivity index (χ0) is 14.4. The van der Waals surface area contributed by atoms with Gasteiger partial charge in [-0.1, -0.05) is 30.1 Å². The number of aromatic nitrogens is 1. The highest BCUT2D eigenvalue weighted by atomic mass is 35.5. The largest absolute Gasteiger partial charge is 0.481 e. The predicted octanol–water partition coefficient (Wildman–Crippen LogP) is 2.33. The van der Waals surface area contributed by atoms with Gasteiger partial charge in [-0.25, -0.2) is 4.98 Å². The lowest BCUT2D eigenvalue weighted by molar-refractivity contribution is -0.138. The predicted molar refractivity (Wildman–Crippen MR) is 72.1 cm³/mol. The Morgan fingerprint density at radius 2 is 2.11 bits per heavy atom. The van der Waals surface area contributed by atoms with Crippen LogP contribution in [0.5, 0.6) is 0 Å². The number of rotatable bonds is 6. The van der Waals surface area contributed by atoms with Crippen LogP contribution in [0.1, 0.15) is 19.8 Å². The Labute approximate surface area is 120 Å². The summed E-state index contributed by atoms with van der Waals surface area (Å²) in [7, 11) is 0. The second kappa shape index (κ2) is 7.16. The smallest absolute Gasteiger partial charge is 0.303 e. The van der Waals surface area contributed by atoms with Gasteiger partial charge in [0.2, 0.25) is 5.91 Å². The summed E-state index contributed by atoms with van der Waals surface area (Å²) in [5, 5.41) is 9.24. The number of pyridine rings is 1. The van der Waals surface area contributed by atoms with E-state index in [0.717, 1.165) is 0 Å². The third-order valence-corrected chi connectivity index (χ3v) is 2.68. The van der Waals surface area contributed by atoms with Gasteiger partial charge in [-0.2, -0.15) is 0 Å². The molecule has 8 heteroatoms. The van der Waals surface area contributed by atoms with Crippen molar-refractivity contribution < 1.29 is 14.7 Å². The van der Waals surface area contributed by atoms with Crippen molar-refractivity contribution in [2.45, 2.75) is 19.8 Å². The maximum absolute atomic E-state index is 11.5. The summed E-state index contributed by atoms with van der Waals surface area (Å²) in [6.45, 7) is 1.68. The molecule has 0 aliphatic carbocycles. The Kier molecular flexibility index (Phi) is 5.85. The minimum atomic E-state index is -0.935. The molecule has 0 unspecified atom stereocenters. The Balaban J connectivity index is 2.43. The van der Waals surface area contributed by atoms with Crippen molar-refractivity contribution in [3.63, 3.8) is 0 Å². The number of anilines is 1. The molecule has 0 radical (unpaired) electrons. The average molecular weight is 306 g/mol. The highest BCUT2D eigenvalue weighted by molar-refractivity contribution is 6.35. The molecule has 0 saturated heterocycles. The van der Waals surface area contributed by atoms with Crippen molar-refractivity contribution in [2.75, 3.05) is 5.43 Å². The molecule has 0 aliphatic rings. The molecule has 0 aliphatic heterocycles. The fraction of sp³-hybridized carbons (Fsp3) is 0.364. The first-order valence-electron chi connectivity index (χ1n) is 5.46. The first-order chi connectivity index (χ1) is 8.88. The number of nitrogens with one attached hydrogen (secondary N) is 2. The van der Waals surface area contributed by atoms with E-state index < -0.39 is 5.97 Å². The van der Waals surface area contributed by atoms with E-state index in [-0.39, 0.29) is 35.5 Å². The van der Waals surface area contributed by atoms with Crippen LogP contribution < -0.4 is 10.9 Å². The Morgan fingerprint density at radius 3 is 2.68 bits per heavy atom. The number of carbonyl (C=O) groups excluding carboxylic acids is 1. The molecule has 19 heavy (non-hydrogen) atoms. The number of halogens is 2. The number of hydrazine groups is 1. The average Bonchev–Trinajstić information content (AvgIpc) is 2.26. The number of nitrogens with zero attached hydrogens (tertiary/aromatic N) is 1. The van der Waals surface area contributed by atoms with Crippen LogP contribution in [0.25, 0.3) is 0 Å². The number of carboxylic acid groups (broad SMARTS) is 1. The van der Waals surface area contributed by atoms with Gasteiger partial charge in [0.05, 0.1) is 10.0 Å². The first kappa shape index (κ1) is 15.5. The van der Waals surface area contributed by atoms with E-state index in [9.17, 15) is 9.59 Å². The van der Waals surface area contributed by atoms with Crippen molar-refractivity contribution >= 4 is 40.9 Å². The van der Waals surface area contributed by atoms with Gasteiger partial charge >= 0.3 is 5.97 Å². The lowest BCUT2D eigenvalue weighted by Gasteiger charge is -2.11. The molecule has 1 atom stereocenters. The van der Waals surface area contributed by atoms with E-state index in [1.165, 1.54) is 12.3 Å². The van der Waals surface area contributed by atoms with Crippen LogP contribution in [-0.4, -0.2) is 22.0 Å². The molecule has 6 nitrogen and oxygen atoms in total. The van der Waals surface area contributed by atoms with Crippen molar-refractivity contribution in [1.82, 2.24) is 10.4 Å². The zero-order valence-corrected chi connectivity index (χ0v) is 11.6. The topological polar surface area (TPSA) is 91.3 Å². The molecule has 1 amide bonds. The normalized spacial score (nSPS) is 11.7. The summed E-state index contributed by atoms with van der Waals surface area (Å²) in [5.74, 6) is -1.27. The summed E-state index contributed by atoms with van der Waals surface area (Å²) in [6, 6.07) is 1.48. The van der Waals surface area contributed by atoms with Crippen LogP contribution in [0.15, 0.2) is 12.3 Å². The van der Waals surface area contributed by atoms with Crippen LogP contribution in [0.3, 0.4) is 0 Å². The van der Waals surface area contributed by atoms with Crippen molar-refractivity contribution in [3.8, 4) is 0 Å². The monoisotopic (exact) mass is 305 g/mol. The maximum Gasteiger partial charge on any atom is 0.303 e. The molecule has 0 fully saturated rings. The van der Waals surface area contributed by atoms with E-state index in [0.29, 0.717) is 5.02 Å². The van der Waals surface area contributed by atoms with Crippen molar-refractivity contribution in [2.24, 2.45) is 5.92 Å². The van der Waals surface area contributed by atoms with E-state index in [2.05, 4.69) is 15.8 Å². The van der Waals surface area contributed by atoms with Crippen LogP contribution in [0.4, 0.5) is 5.82 Å². The third-order valence-electron chi connectivity index (χ3n) is 2.19. The van der Waals surface area contributed by atoms with E-state index in [1.54, 1.807) is 6.92 Å². The van der Waals surface area contributed by atoms with Gasteiger partial charge in [0.25, 0.3) is 0 Å². The number of carbonyl (C=O) groups is 2.